The smallest absolute Gasteiger partial charge is 0.191 e. The van der Waals surface area contributed by atoms with Gasteiger partial charge in [-0.1, -0.05) is 25.1 Å². The molecule has 0 atom stereocenters. The summed E-state index contributed by atoms with van der Waals surface area (Å²) in [5.74, 6) is 2.78. The number of likely N-dealkylation sites (N-methyl/N-ethyl adjacent to an activating group) is 1. The Hall–Kier alpha value is -2.61. The normalized spacial score (nSPS) is 15.5. The molecule has 1 saturated heterocycles. The number of piperazine rings is 1. The fraction of sp³-hybridized carbons (Fsp3) is 0.591. The lowest BCUT2D eigenvalue weighted by atomic mass is 10.1. The second-order valence-electron chi connectivity index (χ2n) is 7.60. The number of nitrogens with one attached hydrogen (secondary N) is 2. The quantitative estimate of drug-likeness (QED) is 0.507. The van der Waals surface area contributed by atoms with Gasteiger partial charge in [0.2, 0.25) is 0 Å². The van der Waals surface area contributed by atoms with Crippen molar-refractivity contribution in [3.63, 3.8) is 0 Å². The topological polar surface area (TPSA) is 81.8 Å². The summed E-state index contributed by atoms with van der Waals surface area (Å²) in [6, 6.07) is 4.23. The molecule has 3 heterocycles. The van der Waals surface area contributed by atoms with Gasteiger partial charge in [0, 0.05) is 57.4 Å². The van der Waals surface area contributed by atoms with Crippen LogP contribution in [0, 0.1) is 0 Å². The van der Waals surface area contributed by atoms with E-state index in [0.29, 0.717) is 13.1 Å². The first kappa shape index (κ1) is 22.1. The van der Waals surface area contributed by atoms with E-state index >= 15 is 0 Å². The molecule has 0 aliphatic carbocycles. The highest BCUT2D eigenvalue weighted by Gasteiger charge is 2.15. The van der Waals surface area contributed by atoms with Crippen LogP contribution in [-0.2, 0) is 25.9 Å². The van der Waals surface area contributed by atoms with Crippen molar-refractivity contribution in [3.8, 4) is 0 Å². The third-order valence-corrected chi connectivity index (χ3v) is 5.44. The minimum atomic E-state index is 0.580. The van der Waals surface area contributed by atoms with Crippen molar-refractivity contribution in [1.82, 2.24) is 25.7 Å². The number of nitrogens with zero attached hydrogens (tertiary/aromatic N) is 5. The summed E-state index contributed by atoms with van der Waals surface area (Å²) in [4.78, 5) is 14.1. The Labute approximate surface area is 179 Å². The maximum Gasteiger partial charge on any atom is 0.191 e. The van der Waals surface area contributed by atoms with Gasteiger partial charge < -0.3 is 25.0 Å². The Balaban J connectivity index is 1.60. The molecule has 0 spiro atoms. The predicted octanol–water partition coefficient (Wildman–Crippen LogP) is 2.20. The maximum atomic E-state index is 5.46. The molecule has 8 heteroatoms. The van der Waals surface area contributed by atoms with Crippen molar-refractivity contribution in [2.24, 2.45) is 4.99 Å². The van der Waals surface area contributed by atoms with Gasteiger partial charge in [0.05, 0.1) is 12.2 Å². The second kappa shape index (κ2) is 11.0. The molecule has 30 heavy (non-hydrogen) atoms. The minimum Gasteiger partial charge on any atom is -0.361 e. The van der Waals surface area contributed by atoms with Gasteiger partial charge in [-0.3, -0.25) is 0 Å². The predicted molar refractivity (Wildman–Crippen MR) is 121 cm³/mol. The number of anilines is 1. The summed E-state index contributed by atoms with van der Waals surface area (Å²) in [5, 5.41) is 10.9. The van der Waals surface area contributed by atoms with Crippen molar-refractivity contribution >= 4 is 11.8 Å². The lowest BCUT2D eigenvalue weighted by Gasteiger charge is -2.33. The van der Waals surface area contributed by atoms with Gasteiger partial charge in [0.25, 0.3) is 0 Å². The van der Waals surface area contributed by atoms with E-state index in [0.717, 1.165) is 79.9 Å². The van der Waals surface area contributed by atoms with Crippen LogP contribution >= 0.6 is 0 Å². The van der Waals surface area contributed by atoms with Crippen molar-refractivity contribution in [3.05, 3.63) is 40.9 Å². The van der Waals surface area contributed by atoms with Crippen molar-refractivity contribution in [2.75, 3.05) is 44.7 Å². The zero-order valence-corrected chi connectivity index (χ0v) is 18.7. The van der Waals surface area contributed by atoms with Gasteiger partial charge in [0.15, 0.2) is 5.96 Å². The van der Waals surface area contributed by atoms with Crippen LogP contribution in [-0.4, -0.2) is 60.8 Å². The maximum absolute atomic E-state index is 5.46. The molecule has 2 N–H and O–H groups in total. The van der Waals surface area contributed by atoms with Crippen molar-refractivity contribution in [1.29, 1.82) is 0 Å². The molecule has 0 aromatic carbocycles. The largest absolute Gasteiger partial charge is 0.361 e. The fourth-order valence-corrected chi connectivity index (χ4v) is 3.55. The van der Waals surface area contributed by atoms with E-state index < -0.39 is 0 Å². The van der Waals surface area contributed by atoms with E-state index in [1.54, 1.807) is 0 Å². The highest BCUT2D eigenvalue weighted by molar-refractivity contribution is 5.79. The molecule has 0 unspecified atom stereocenters. The van der Waals surface area contributed by atoms with Crippen molar-refractivity contribution in [2.45, 2.75) is 46.7 Å². The summed E-state index contributed by atoms with van der Waals surface area (Å²) in [7, 11) is 2.16. The zero-order chi connectivity index (χ0) is 21.3. The van der Waals surface area contributed by atoms with Gasteiger partial charge in [0.1, 0.15) is 11.6 Å². The Morgan fingerprint density at radius 2 is 1.90 bits per heavy atom. The molecule has 0 radical (unpaired) electrons. The molecule has 0 amide bonds. The molecular formula is C22H35N7O. The van der Waals surface area contributed by atoms with Crippen LogP contribution < -0.4 is 15.5 Å². The number of hydrogen-bond donors (Lipinski definition) is 2. The summed E-state index contributed by atoms with van der Waals surface area (Å²) in [6.45, 7) is 12.5. The van der Waals surface area contributed by atoms with E-state index in [9.17, 15) is 0 Å². The van der Waals surface area contributed by atoms with Gasteiger partial charge in [-0.2, -0.15) is 0 Å². The standard InChI is InChI=1S/C22H35N7O/c1-5-19-18(20(6-2)30-27-19)16-26-22(23-7-3)25-15-17-8-9-21(24-14-17)29-12-10-28(4)11-13-29/h8-9,14H,5-7,10-13,15-16H2,1-4H3,(H2,23,25,26). The number of pyridine rings is 1. The Bertz CT molecular complexity index is 786. The molecule has 0 saturated carbocycles. The summed E-state index contributed by atoms with van der Waals surface area (Å²) in [5.41, 5.74) is 3.25. The van der Waals surface area contributed by atoms with Gasteiger partial charge in [-0.15, -0.1) is 0 Å². The van der Waals surface area contributed by atoms with Gasteiger partial charge in [-0.05, 0) is 32.0 Å². The molecule has 2 aromatic heterocycles. The molecule has 3 rings (SSSR count). The highest BCUT2D eigenvalue weighted by Crippen LogP contribution is 2.16. The molecule has 2 aromatic rings. The van der Waals surface area contributed by atoms with Crippen LogP contribution in [0.25, 0.3) is 0 Å². The van der Waals surface area contributed by atoms with Gasteiger partial charge >= 0.3 is 0 Å². The molecule has 1 aliphatic heterocycles. The van der Waals surface area contributed by atoms with Crippen LogP contribution in [0.5, 0.6) is 0 Å². The molecular weight excluding hydrogens is 378 g/mol. The Morgan fingerprint density at radius 1 is 1.10 bits per heavy atom. The third kappa shape index (κ3) is 5.72. The molecule has 8 nitrogen and oxygen atoms in total. The van der Waals surface area contributed by atoms with E-state index in [4.69, 9.17) is 9.52 Å². The van der Waals surface area contributed by atoms with Crippen LogP contribution in [0.3, 0.4) is 0 Å². The van der Waals surface area contributed by atoms with Crippen LogP contribution in [0.2, 0.25) is 0 Å². The van der Waals surface area contributed by atoms with Crippen LogP contribution in [0.15, 0.2) is 27.8 Å². The van der Waals surface area contributed by atoms with E-state index in [2.05, 4.69) is 70.5 Å². The van der Waals surface area contributed by atoms with Crippen LogP contribution in [0.4, 0.5) is 5.82 Å². The number of hydrogen-bond acceptors (Lipinski definition) is 6. The lowest BCUT2D eigenvalue weighted by molar-refractivity contribution is 0.312. The van der Waals surface area contributed by atoms with Crippen molar-refractivity contribution < 1.29 is 4.52 Å². The first-order valence-corrected chi connectivity index (χ1v) is 11.0. The molecule has 0 bridgehead atoms. The fourth-order valence-electron chi connectivity index (χ4n) is 3.55. The second-order valence-corrected chi connectivity index (χ2v) is 7.60. The number of aromatic nitrogens is 2. The monoisotopic (exact) mass is 413 g/mol. The molecule has 1 aliphatic rings. The van der Waals surface area contributed by atoms with E-state index in [-0.39, 0.29) is 0 Å². The average molecular weight is 414 g/mol. The summed E-state index contributed by atoms with van der Waals surface area (Å²) < 4.78 is 5.46. The van der Waals surface area contributed by atoms with Crippen LogP contribution in [0.1, 0.15) is 43.4 Å². The highest BCUT2D eigenvalue weighted by atomic mass is 16.5. The average Bonchev–Trinajstić information content (AvgIpc) is 3.18. The summed E-state index contributed by atoms with van der Waals surface area (Å²) in [6.07, 6.45) is 3.63. The number of aryl methyl sites for hydroxylation is 2. The first-order chi connectivity index (χ1) is 14.6. The zero-order valence-electron chi connectivity index (χ0n) is 18.7. The summed E-state index contributed by atoms with van der Waals surface area (Å²) >= 11 is 0. The SMILES string of the molecule is CCNC(=NCc1ccc(N2CCN(C)CC2)nc1)NCc1c(CC)noc1CC. The number of guanidine groups is 1. The number of rotatable bonds is 8. The van der Waals surface area contributed by atoms with E-state index in [1.165, 1.54) is 0 Å². The molecule has 164 valence electrons. The van der Waals surface area contributed by atoms with Gasteiger partial charge in [-0.25, -0.2) is 9.98 Å². The molecule has 1 fully saturated rings. The number of aliphatic imine (C=N–C) groups is 1. The Morgan fingerprint density at radius 3 is 2.53 bits per heavy atom. The first-order valence-electron chi connectivity index (χ1n) is 11.0. The van der Waals surface area contributed by atoms with E-state index in [1.807, 2.05) is 6.20 Å². The minimum absolute atomic E-state index is 0.580. The Kier molecular flexibility index (Phi) is 8.07. The third-order valence-electron chi connectivity index (χ3n) is 5.44. The lowest BCUT2D eigenvalue weighted by Crippen LogP contribution is -2.44.